The van der Waals surface area contributed by atoms with E-state index in [0.717, 1.165) is 5.56 Å². The van der Waals surface area contributed by atoms with Crippen LogP contribution >= 0.6 is 0 Å². The summed E-state index contributed by atoms with van der Waals surface area (Å²) in [5.41, 5.74) is 6.75. The molecule has 1 atom stereocenters. The van der Waals surface area contributed by atoms with E-state index in [-0.39, 0.29) is 25.0 Å². The van der Waals surface area contributed by atoms with E-state index in [1.807, 2.05) is 30.3 Å². The fourth-order valence-corrected chi connectivity index (χ4v) is 2.03. The van der Waals surface area contributed by atoms with Crippen LogP contribution in [0.4, 0.5) is 4.79 Å². The molecule has 2 rings (SSSR count). The lowest BCUT2D eigenvalue weighted by Crippen LogP contribution is -2.41. The van der Waals surface area contributed by atoms with Crippen LogP contribution in [0.15, 0.2) is 30.3 Å². The molecule has 1 aliphatic rings. The molecule has 1 aromatic carbocycles. The summed E-state index contributed by atoms with van der Waals surface area (Å²) < 4.78 is 5.20. The molecule has 0 spiro atoms. The Morgan fingerprint density at radius 1 is 1.37 bits per heavy atom. The summed E-state index contributed by atoms with van der Waals surface area (Å²) >= 11 is 0. The lowest BCUT2D eigenvalue weighted by molar-refractivity contribution is -0.119. The molecule has 0 aliphatic carbocycles. The van der Waals surface area contributed by atoms with Gasteiger partial charge in [-0.05, 0) is 12.0 Å². The Labute approximate surface area is 112 Å². The number of nitrogens with zero attached hydrogens (tertiary/aromatic N) is 1. The van der Waals surface area contributed by atoms with Gasteiger partial charge in [-0.1, -0.05) is 30.3 Å². The average molecular weight is 262 g/mol. The van der Waals surface area contributed by atoms with Gasteiger partial charge in [-0.15, -0.1) is 0 Å². The topological polar surface area (TPSA) is 72.6 Å². The van der Waals surface area contributed by atoms with Crippen LogP contribution in [-0.4, -0.2) is 35.9 Å². The first-order valence-electron chi connectivity index (χ1n) is 6.38. The van der Waals surface area contributed by atoms with Crippen LogP contribution in [0.5, 0.6) is 0 Å². The van der Waals surface area contributed by atoms with E-state index in [1.165, 1.54) is 4.90 Å². The Morgan fingerprint density at radius 2 is 2.11 bits per heavy atom. The van der Waals surface area contributed by atoms with Crippen LogP contribution in [-0.2, 0) is 16.1 Å². The Hall–Kier alpha value is -1.88. The second-order valence-electron chi connectivity index (χ2n) is 4.76. The average Bonchev–Trinajstić information content (AvgIpc) is 2.59. The van der Waals surface area contributed by atoms with Crippen molar-refractivity contribution in [3.63, 3.8) is 0 Å². The van der Waals surface area contributed by atoms with Crippen LogP contribution in [0.2, 0.25) is 0 Å². The highest BCUT2D eigenvalue weighted by Crippen LogP contribution is 2.09. The van der Waals surface area contributed by atoms with E-state index in [2.05, 4.69) is 0 Å². The predicted octanol–water partition coefficient (Wildman–Crippen LogP) is 1.32. The summed E-state index contributed by atoms with van der Waals surface area (Å²) in [7, 11) is 0. The summed E-state index contributed by atoms with van der Waals surface area (Å²) in [4.78, 5) is 24.8. The number of benzene rings is 1. The molecule has 0 bridgehead atoms. The molecule has 1 aliphatic heterocycles. The van der Waals surface area contributed by atoms with Gasteiger partial charge in [0.2, 0.25) is 0 Å². The standard InChI is InChI=1S/C14H18N2O3/c15-12-6-7-13(17)9-16(8-12)14(18)19-10-11-4-2-1-3-5-11/h1-5,12H,6-10,15H2/t12-/m0/s1. The monoisotopic (exact) mass is 262 g/mol. The van der Waals surface area contributed by atoms with Crippen LogP contribution in [0.1, 0.15) is 18.4 Å². The van der Waals surface area contributed by atoms with Gasteiger partial charge in [0.1, 0.15) is 6.61 Å². The minimum absolute atomic E-state index is 0.0320. The number of ketones is 1. The van der Waals surface area contributed by atoms with Crippen molar-refractivity contribution < 1.29 is 14.3 Å². The molecule has 0 saturated carbocycles. The van der Waals surface area contributed by atoms with Crippen LogP contribution in [0.25, 0.3) is 0 Å². The molecular weight excluding hydrogens is 244 g/mol. The van der Waals surface area contributed by atoms with E-state index in [4.69, 9.17) is 10.5 Å². The van der Waals surface area contributed by atoms with Crippen molar-refractivity contribution >= 4 is 11.9 Å². The fourth-order valence-electron chi connectivity index (χ4n) is 2.03. The summed E-state index contributed by atoms with van der Waals surface area (Å²) in [6.07, 6.45) is 0.583. The molecule has 0 radical (unpaired) electrons. The molecule has 102 valence electrons. The first-order valence-corrected chi connectivity index (χ1v) is 6.38. The number of nitrogens with two attached hydrogens (primary N) is 1. The fraction of sp³-hybridized carbons (Fsp3) is 0.429. The summed E-state index contributed by atoms with van der Waals surface area (Å²) in [5, 5.41) is 0. The zero-order chi connectivity index (χ0) is 13.7. The number of hydrogen-bond donors (Lipinski definition) is 1. The second kappa shape index (κ2) is 6.33. The zero-order valence-corrected chi connectivity index (χ0v) is 10.7. The van der Waals surface area contributed by atoms with Crippen LogP contribution in [0.3, 0.4) is 0 Å². The van der Waals surface area contributed by atoms with Gasteiger partial charge in [-0.25, -0.2) is 4.79 Å². The highest BCUT2D eigenvalue weighted by molar-refractivity contribution is 5.84. The molecular formula is C14H18N2O3. The number of rotatable bonds is 2. The van der Waals surface area contributed by atoms with Crippen molar-refractivity contribution in [1.82, 2.24) is 4.90 Å². The number of likely N-dealkylation sites (tertiary alicyclic amines) is 1. The third kappa shape index (κ3) is 4.06. The van der Waals surface area contributed by atoms with E-state index < -0.39 is 6.09 Å². The van der Waals surface area contributed by atoms with Gasteiger partial charge in [-0.3, -0.25) is 9.69 Å². The first kappa shape index (κ1) is 13.5. The molecule has 1 aromatic rings. The van der Waals surface area contributed by atoms with Gasteiger partial charge in [0.25, 0.3) is 0 Å². The van der Waals surface area contributed by atoms with Gasteiger partial charge in [-0.2, -0.15) is 0 Å². The van der Waals surface area contributed by atoms with Gasteiger partial charge in [0, 0.05) is 19.0 Å². The minimum Gasteiger partial charge on any atom is -0.445 e. The van der Waals surface area contributed by atoms with Crippen molar-refractivity contribution in [2.45, 2.75) is 25.5 Å². The Balaban J connectivity index is 1.89. The molecule has 1 fully saturated rings. The second-order valence-corrected chi connectivity index (χ2v) is 4.76. The number of carbonyl (C=O) groups excluding carboxylic acids is 2. The molecule has 19 heavy (non-hydrogen) atoms. The molecule has 1 amide bonds. The molecule has 1 saturated heterocycles. The number of ether oxygens (including phenoxy) is 1. The third-order valence-corrected chi connectivity index (χ3v) is 3.08. The number of Topliss-reactive ketones (excluding diaryl/α,β-unsaturated/α-hetero) is 1. The van der Waals surface area contributed by atoms with E-state index in [9.17, 15) is 9.59 Å². The lowest BCUT2D eigenvalue weighted by atomic mass is 10.1. The largest absolute Gasteiger partial charge is 0.445 e. The highest BCUT2D eigenvalue weighted by atomic mass is 16.6. The molecule has 1 heterocycles. The van der Waals surface area contributed by atoms with Gasteiger partial charge >= 0.3 is 6.09 Å². The predicted molar refractivity (Wildman–Crippen MR) is 70.4 cm³/mol. The van der Waals surface area contributed by atoms with Crippen LogP contribution < -0.4 is 5.73 Å². The third-order valence-electron chi connectivity index (χ3n) is 3.08. The van der Waals surface area contributed by atoms with Crippen molar-refractivity contribution in [2.24, 2.45) is 5.73 Å². The van der Waals surface area contributed by atoms with Crippen molar-refractivity contribution in [3.8, 4) is 0 Å². The number of hydrogen-bond acceptors (Lipinski definition) is 4. The Morgan fingerprint density at radius 3 is 2.84 bits per heavy atom. The minimum atomic E-state index is -0.477. The first-order chi connectivity index (χ1) is 9.15. The Kier molecular flexibility index (Phi) is 4.52. The smallest absolute Gasteiger partial charge is 0.410 e. The summed E-state index contributed by atoms with van der Waals surface area (Å²) in [6.45, 7) is 0.681. The van der Waals surface area contributed by atoms with Gasteiger partial charge in [0.05, 0.1) is 6.54 Å². The summed E-state index contributed by atoms with van der Waals surface area (Å²) in [5.74, 6) is 0.0320. The zero-order valence-electron chi connectivity index (χ0n) is 10.7. The summed E-state index contributed by atoms with van der Waals surface area (Å²) in [6, 6.07) is 9.27. The maximum absolute atomic E-state index is 11.9. The van der Waals surface area contributed by atoms with Crippen molar-refractivity contribution in [1.29, 1.82) is 0 Å². The molecule has 5 nitrogen and oxygen atoms in total. The van der Waals surface area contributed by atoms with Crippen molar-refractivity contribution in [2.75, 3.05) is 13.1 Å². The van der Waals surface area contributed by atoms with Crippen molar-refractivity contribution in [3.05, 3.63) is 35.9 Å². The van der Waals surface area contributed by atoms with Gasteiger partial charge < -0.3 is 10.5 Å². The molecule has 5 heteroatoms. The Bertz CT molecular complexity index is 447. The van der Waals surface area contributed by atoms with E-state index in [0.29, 0.717) is 19.4 Å². The maximum atomic E-state index is 11.9. The van der Waals surface area contributed by atoms with E-state index >= 15 is 0 Å². The maximum Gasteiger partial charge on any atom is 0.410 e. The van der Waals surface area contributed by atoms with Crippen LogP contribution in [0, 0.1) is 0 Å². The van der Waals surface area contributed by atoms with E-state index in [1.54, 1.807) is 0 Å². The number of amides is 1. The molecule has 0 unspecified atom stereocenters. The SMILES string of the molecule is N[C@H]1CCC(=O)CN(C(=O)OCc2ccccc2)C1. The lowest BCUT2D eigenvalue weighted by Gasteiger charge is -2.21. The van der Waals surface area contributed by atoms with Gasteiger partial charge in [0.15, 0.2) is 5.78 Å². The quantitative estimate of drug-likeness (QED) is 0.872. The normalized spacial score (nSPS) is 19.9. The molecule has 0 aromatic heterocycles. The molecule has 2 N–H and O–H groups in total. The highest BCUT2D eigenvalue weighted by Gasteiger charge is 2.24. The number of carbonyl (C=O) groups is 2.